The fraction of sp³-hybridized carbons (Fsp3) is 0.458. The average Bonchev–Trinajstić information content (AvgIpc) is 2.74. The summed E-state index contributed by atoms with van der Waals surface area (Å²) in [5.74, 6) is 1.25. The van der Waals surface area contributed by atoms with Gasteiger partial charge in [-0.15, -0.1) is 0 Å². The molecule has 1 unspecified atom stereocenters. The molecular formula is C24H33N3O2. The molecule has 2 aromatic rings. The molecule has 1 aliphatic rings. The van der Waals surface area contributed by atoms with Crippen LogP contribution in [0.25, 0.3) is 0 Å². The van der Waals surface area contributed by atoms with E-state index in [4.69, 9.17) is 4.74 Å². The molecule has 0 aromatic heterocycles. The van der Waals surface area contributed by atoms with E-state index < -0.39 is 0 Å². The van der Waals surface area contributed by atoms with Gasteiger partial charge in [-0.3, -0.25) is 9.69 Å². The van der Waals surface area contributed by atoms with Crippen LogP contribution in [0.1, 0.15) is 29.8 Å². The summed E-state index contributed by atoms with van der Waals surface area (Å²) < 4.78 is 5.86. The third-order valence-corrected chi connectivity index (χ3v) is 5.65. The van der Waals surface area contributed by atoms with Crippen LogP contribution in [0.3, 0.4) is 0 Å². The Balaban J connectivity index is 1.61. The SMILES string of the molecule is CC(C)C(CNC(=O)c1ccccc1COc1ccccc1)N1CCN(C)CC1. The van der Waals surface area contributed by atoms with Gasteiger partial charge in [-0.25, -0.2) is 0 Å². The van der Waals surface area contributed by atoms with Crippen LogP contribution in [-0.4, -0.2) is 61.5 Å². The first-order chi connectivity index (χ1) is 14.0. The van der Waals surface area contributed by atoms with E-state index in [1.807, 2.05) is 54.6 Å². The molecule has 3 rings (SSSR count). The van der Waals surface area contributed by atoms with Crippen LogP contribution < -0.4 is 10.1 Å². The summed E-state index contributed by atoms with van der Waals surface area (Å²) in [6.45, 7) is 9.77. The van der Waals surface area contributed by atoms with Gasteiger partial charge >= 0.3 is 0 Å². The molecule has 1 amide bonds. The lowest BCUT2D eigenvalue weighted by atomic mass is 10.0. The van der Waals surface area contributed by atoms with Crippen LogP contribution in [0.15, 0.2) is 54.6 Å². The number of carbonyl (C=O) groups excluding carboxylic acids is 1. The first-order valence-electron chi connectivity index (χ1n) is 10.5. The lowest BCUT2D eigenvalue weighted by Gasteiger charge is -2.40. The molecule has 1 heterocycles. The summed E-state index contributed by atoms with van der Waals surface area (Å²) in [4.78, 5) is 17.8. The number of likely N-dealkylation sites (N-methyl/N-ethyl adjacent to an activating group) is 1. The predicted octanol–water partition coefficient (Wildman–Crippen LogP) is 3.27. The molecule has 1 aliphatic heterocycles. The first kappa shape index (κ1) is 21.3. The maximum atomic E-state index is 12.9. The molecule has 156 valence electrons. The Morgan fingerprint density at radius 2 is 1.66 bits per heavy atom. The Morgan fingerprint density at radius 3 is 2.34 bits per heavy atom. The monoisotopic (exact) mass is 395 g/mol. The van der Waals surface area contributed by atoms with Gasteiger partial charge in [0, 0.05) is 49.9 Å². The summed E-state index contributed by atoms with van der Waals surface area (Å²) in [6, 6.07) is 17.7. The smallest absolute Gasteiger partial charge is 0.251 e. The first-order valence-corrected chi connectivity index (χ1v) is 10.5. The van der Waals surface area contributed by atoms with Crippen LogP contribution in [-0.2, 0) is 6.61 Å². The van der Waals surface area contributed by atoms with E-state index >= 15 is 0 Å². The van der Waals surface area contributed by atoms with Crippen molar-refractivity contribution >= 4 is 5.91 Å². The third-order valence-electron chi connectivity index (χ3n) is 5.65. The fourth-order valence-corrected chi connectivity index (χ4v) is 3.78. The van der Waals surface area contributed by atoms with E-state index in [0.717, 1.165) is 37.5 Å². The van der Waals surface area contributed by atoms with Crippen molar-refractivity contribution in [2.45, 2.75) is 26.5 Å². The van der Waals surface area contributed by atoms with Crippen molar-refractivity contribution in [1.82, 2.24) is 15.1 Å². The minimum Gasteiger partial charge on any atom is -0.489 e. The Bertz CT molecular complexity index is 771. The Morgan fingerprint density at radius 1 is 1.00 bits per heavy atom. The van der Waals surface area contributed by atoms with Crippen molar-refractivity contribution in [2.24, 2.45) is 5.92 Å². The minimum absolute atomic E-state index is 0.0305. The van der Waals surface area contributed by atoms with E-state index in [9.17, 15) is 4.79 Å². The number of piperazine rings is 1. The molecule has 1 N–H and O–H groups in total. The van der Waals surface area contributed by atoms with Gasteiger partial charge in [0.05, 0.1) is 0 Å². The maximum absolute atomic E-state index is 12.9. The third kappa shape index (κ3) is 6.05. The predicted molar refractivity (Wildman–Crippen MR) is 117 cm³/mol. The molecule has 1 saturated heterocycles. The topological polar surface area (TPSA) is 44.8 Å². The number of rotatable bonds is 8. The van der Waals surface area contributed by atoms with Gasteiger partial charge in [-0.1, -0.05) is 50.2 Å². The van der Waals surface area contributed by atoms with E-state index in [1.54, 1.807) is 0 Å². The fourth-order valence-electron chi connectivity index (χ4n) is 3.78. The zero-order chi connectivity index (χ0) is 20.6. The second kappa shape index (κ2) is 10.4. The summed E-state index contributed by atoms with van der Waals surface area (Å²) in [6.07, 6.45) is 0. The van der Waals surface area contributed by atoms with Crippen LogP contribution in [0, 0.1) is 5.92 Å². The molecule has 0 radical (unpaired) electrons. The van der Waals surface area contributed by atoms with Gasteiger partial charge in [-0.2, -0.15) is 0 Å². The van der Waals surface area contributed by atoms with Crippen LogP contribution in [0.2, 0.25) is 0 Å². The molecule has 5 nitrogen and oxygen atoms in total. The highest BCUT2D eigenvalue weighted by atomic mass is 16.5. The van der Waals surface area contributed by atoms with E-state index in [-0.39, 0.29) is 5.91 Å². The van der Waals surface area contributed by atoms with Gasteiger partial charge in [0.25, 0.3) is 5.91 Å². The van der Waals surface area contributed by atoms with Crippen molar-refractivity contribution in [3.63, 3.8) is 0 Å². The van der Waals surface area contributed by atoms with Crippen molar-refractivity contribution in [3.05, 3.63) is 65.7 Å². The highest BCUT2D eigenvalue weighted by Gasteiger charge is 2.25. The van der Waals surface area contributed by atoms with Gasteiger partial charge < -0.3 is 15.0 Å². The number of nitrogens with zero attached hydrogens (tertiary/aromatic N) is 2. The number of amides is 1. The van der Waals surface area contributed by atoms with Gasteiger partial charge in [0.15, 0.2) is 0 Å². The molecule has 0 aliphatic carbocycles. The van der Waals surface area contributed by atoms with Crippen molar-refractivity contribution < 1.29 is 9.53 Å². The van der Waals surface area contributed by atoms with Gasteiger partial charge in [0.2, 0.25) is 0 Å². The van der Waals surface area contributed by atoms with Gasteiger partial charge in [0.1, 0.15) is 12.4 Å². The standard InChI is InChI=1S/C24H33N3O2/c1-19(2)23(27-15-13-26(3)14-16-27)17-25-24(28)22-12-8-7-9-20(22)18-29-21-10-5-4-6-11-21/h4-12,19,23H,13-18H2,1-3H3,(H,25,28). The Labute approximate surface area is 174 Å². The average molecular weight is 396 g/mol. The van der Waals surface area contributed by atoms with Gasteiger partial charge in [-0.05, 0) is 31.2 Å². The number of carbonyl (C=O) groups is 1. The molecule has 0 saturated carbocycles. The number of benzene rings is 2. The number of ether oxygens (including phenoxy) is 1. The highest BCUT2D eigenvalue weighted by Crippen LogP contribution is 2.16. The quantitative estimate of drug-likeness (QED) is 0.745. The van der Waals surface area contributed by atoms with Crippen molar-refractivity contribution in [1.29, 1.82) is 0 Å². The van der Waals surface area contributed by atoms with Crippen LogP contribution in [0.5, 0.6) is 5.75 Å². The number of hydrogen-bond donors (Lipinski definition) is 1. The normalized spacial score (nSPS) is 16.6. The number of para-hydroxylation sites is 1. The second-order valence-corrected chi connectivity index (χ2v) is 8.12. The molecule has 29 heavy (non-hydrogen) atoms. The highest BCUT2D eigenvalue weighted by molar-refractivity contribution is 5.95. The Kier molecular flexibility index (Phi) is 7.67. The van der Waals surface area contributed by atoms with E-state index in [2.05, 4.69) is 36.0 Å². The number of nitrogens with one attached hydrogen (secondary N) is 1. The molecule has 0 bridgehead atoms. The maximum Gasteiger partial charge on any atom is 0.251 e. The molecule has 0 spiro atoms. The zero-order valence-electron chi connectivity index (χ0n) is 17.8. The lowest BCUT2D eigenvalue weighted by molar-refractivity contribution is 0.0790. The molecular weight excluding hydrogens is 362 g/mol. The Hall–Kier alpha value is -2.37. The summed E-state index contributed by atoms with van der Waals surface area (Å²) in [5, 5.41) is 3.18. The lowest BCUT2D eigenvalue weighted by Crippen LogP contribution is -2.54. The molecule has 5 heteroatoms. The van der Waals surface area contributed by atoms with E-state index in [1.165, 1.54) is 0 Å². The van der Waals surface area contributed by atoms with E-state index in [0.29, 0.717) is 30.7 Å². The summed E-state index contributed by atoms with van der Waals surface area (Å²) in [5.41, 5.74) is 1.58. The minimum atomic E-state index is -0.0305. The molecule has 2 aromatic carbocycles. The number of hydrogen-bond acceptors (Lipinski definition) is 4. The van der Waals surface area contributed by atoms with Crippen LogP contribution >= 0.6 is 0 Å². The largest absolute Gasteiger partial charge is 0.489 e. The van der Waals surface area contributed by atoms with Crippen molar-refractivity contribution in [2.75, 3.05) is 39.8 Å². The zero-order valence-corrected chi connectivity index (χ0v) is 17.8. The van der Waals surface area contributed by atoms with Crippen LogP contribution in [0.4, 0.5) is 0 Å². The molecule has 1 atom stereocenters. The summed E-state index contributed by atoms with van der Waals surface area (Å²) >= 11 is 0. The summed E-state index contributed by atoms with van der Waals surface area (Å²) in [7, 11) is 2.16. The molecule has 1 fully saturated rings. The van der Waals surface area contributed by atoms with Crippen molar-refractivity contribution in [3.8, 4) is 5.75 Å². The second-order valence-electron chi connectivity index (χ2n) is 8.12.